The third kappa shape index (κ3) is 3.42. The summed E-state index contributed by atoms with van der Waals surface area (Å²) < 4.78 is 0. The Hall–Kier alpha value is -1.66. The summed E-state index contributed by atoms with van der Waals surface area (Å²) in [5, 5.41) is 15.0. The SMILES string of the molecule is CCc1ncc(CNc2ccc([N+](=O)[O-])c(Cl)c2)s1. The number of thiazole rings is 1. The number of nitro groups is 1. The molecule has 0 aliphatic carbocycles. The number of hydrogen-bond donors (Lipinski definition) is 1. The maximum Gasteiger partial charge on any atom is 0.288 e. The lowest BCUT2D eigenvalue weighted by Gasteiger charge is -2.05. The summed E-state index contributed by atoms with van der Waals surface area (Å²) in [5.41, 5.74) is 0.667. The molecule has 7 heteroatoms. The molecule has 0 fully saturated rings. The number of hydrogen-bond acceptors (Lipinski definition) is 5. The molecule has 0 aliphatic heterocycles. The predicted molar refractivity (Wildman–Crippen MR) is 76.9 cm³/mol. The van der Waals surface area contributed by atoms with E-state index in [1.54, 1.807) is 23.5 Å². The van der Waals surface area contributed by atoms with E-state index < -0.39 is 4.92 Å². The van der Waals surface area contributed by atoms with Crippen LogP contribution in [0.15, 0.2) is 24.4 Å². The molecule has 19 heavy (non-hydrogen) atoms. The Balaban J connectivity index is 2.03. The van der Waals surface area contributed by atoms with Gasteiger partial charge >= 0.3 is 0 Å². The van der Waals surface area contributed by atoms with Gasteiger partial charge in [0.25, 0.3) is 5.69 Å². The average molecular weight is 298 g/mol. The minimum absolute atomic E-state index is 0.0849. The minimum atomic E-state index is -0.497. The topological polar surface area (TPSA) is 68.1 Å². The third-order valence-electron chi connectivity index (χ3n) is 2.52. The molecular formula is C12H12ClN3O2S. The van der Waals surface area contributed by atoms with Crippen LogP contribution >= 0.6 is 22.9 Å². The van der Waals surface area contributed by atoms with E-state index in [4.69, 9.17) is 11.6 Å². The van der Waals surface area contributed by atoms with E-state index in [-0.39, 0.29) is 10.7 Å². The second-order valence-electron chi connectivity index (χ2n) is 3.85. The van der Waals surface area contributed by atoms with Crippen LogP contribution in [0.2, 0.25) is 5.02 Å². The van der Waals surface area contributed by atoms with Crippen LogP contribution in [0, 0.1) is 10.1 Å². The minimum Gasteiger partial charge on any atom is -0.380 e. The van der Waals surface area contributed by atoms with Gasteiger partial charge in [-0.05, 0) is 18.6 Å². The van der Waals surface area contributed by atoms with Crippen molar-refractivity contribution in [3.05, 3.63) is 49.4 Å². The number of nitro benzene ring substituents is 1. The summed E-state index contributed by atoms with van der Waals surface area (Å²) in [7, 11) is 0. The molecule has 1 aromatic carbocycles. The van der Waals surface area contributed by atoms with Crippen molar-refractivity contribution in [2.75, 3.05) is 5.32 Å². The molecule has 1 N–H and O–H groups in total. The van der Waals surface area contributed by atoms with Gasteiger partial charge in [0, 0.05) is 22.8 Å². The lowest BCUT2D eigenvalue weighted by atomic mass is 10.3. The monoisotopic (exact) mass is 297 g/mol. The van der Waals surface area contributed by atoms with Gasteiger partial charge in [-0.3, -0.25) is 10.1 Å². The van der Waals surface area contributed by atoms with Crippen molar-refractivity contribution in [2.45, 2.75) is 19.9 Å². The van der Waals surface area contributed by atoms with Gasteiger partial charge in [-0.2, -0.15) is 0 Å². The molecule has 0 saturated heterocycles. The Bertz CT molecular complexity index is 600. The van der Waals surface area contributed by atoms with Crippen LogP contribution in [0.5, 0.6) is 0 Å². The number of aryl methyl sites for hydroxylation is 1. The Morgan fingerprint density at radius 1 is 1.53 bits per heavy atom. The van der Waals surface area contributed by atoms with E-state index >= 15 is 0 Å². The molecule has 0 unspecified atom stereocenters. The summed E-state index contributed by atoms with van der Waals surface area (Å²) >= 11 is 7.49. The third-order valence-corrected chi connectivity index (χ3v) is 3.96. The van der Waals surface area contributed by atoms with Gasteiger partial charge in [0.05, 0.1) is 16.5 Å². The van der Waals surface area contributed by atoms with E-state index in [0.29, 0.717) is 6.54 Å². The second-order valence-corrected chi connectivity index (χ2v) is 5.46. The molecule has 0 radical (unpaired) electrons. The largest absolute Gasteiger partial charge is 0.380 e. The van der Waals surface area contributed by atoms with Gasteiger partial charge in [-0.25, -0.2) is 4.98 Å². The number of nitrogens with zero attached hydrogens (tertiary/aromatic N) is 2. The first-order chi connectivity index (χ1) is 9.10. The van der Waals surface area contributed by atoms with Gasteiger partial charge in [0.15, 0.2) is 0 Å². The molecular weight excluding hydrogens is 286 g/mol. The smallest absolute Gasteiger partial charge is 0.288 e. The van der Waals surface area contributed by atoms with Crippen LogP contribution in [0.3, 0.4) is 0 Å². The Morgan fingerprint density at radius 2 is 2.32 bits per heavy atom. The fourth-order valence-corrected chi connectivity index (χ4v) is 2.60. The van der Waals surface area contributed by atoms with Crippen LogP contribution in [0.25, 0.3) is 0 Å². The first-order valence-electron chi connectivity index (χ1n) is 5.71. The Morgan fingerprint density at radius 3 is 2.89 bits per heavy atom. The highest BCUT2D eigenvalue weighted by Gasteiger charge is 2.11. The zero-order valence-corrected chi connectivity index (χ0v) is 11.8. The van der Waals surface area contributed by atoms with Crippen molar-refractivity contribution in [1.82, 2.24) is 4.98 Å². The standard InChI is InChI=1S/C12H12ClN3O2S/c1-2-12-15-7-9(19-12)6-14-8-3-4-11(16(17)18)10(13)5-8/h3-5,7,14H,2,6H2,1H3. The molecule has 2 aromatic rings. The fraction of sp³-hybridized carbons (Fsp3) is 0.250. The highest BCUT2D eigenvalue weighted by molar-refractivity contribution is 7.11. The highest BCUT2D eigenvalue weighted by atomic mass is 35.5. The predicted octanol–water partition coefficient (Wildman–Crippen LogP) is 3.88. The summed E-state index contributed by atoms with van der Waals surface area (Å²) in [6.07, 6.45) is 2.76. The summed E-state index contributed by atoms with van der Waals surface area (Å²) in [6, 6.07) is 4.60. The fourth-order valence-electron chi connectivity index (χ4n) is 1.55. The molecule has 0 aliphatic rings. The van der Waals surface area contributed by atoms with Crippen LogP contribution in [0.4, 0.5) is 11.4 Å². The van der Waals surface area contributed by atoms with Crippen molar-refractivity contribution >= 4 is 34.3 Å². The van der Waals surface area contributed by atoms with Crippen molar-refractivity contribution in [1.29, 1.82) is 0 Å². The summed E-state index contributed by atoms with van der Waals surface area (Å²) in [6.45, 7) is 2.69. The summed E-state index contributed by atoms with van der Waals surface area (Å²) in [5.74, 6) is 0. The number of nitrogens with one attached hydrogen (secondary N) is 1. The lowest BCUT2D eigenvalue weighted by Crippen LogP contribution is -1.98. The number of benzene rings is 1. The Labute approximate surface area is 119 Å². The van der Waals surface area contributed by atoms with Crippen LogP contribution in [-0.2, 0) is 13.0 Å². The van der Waals surface area contributed by atoms with Crippen LogP contribution < -0.4 is 5.32 Å². The molecule has 1 heterocycles. The molecule has 0 amide bonds. The molecule has 0 bridgehead atoms. The molecule has 2 rings (SSSR count). The van der Waals surface area contributed by atoms with E-state index in [0.717, 1.165) is 22.0 Å². The quantitative estimate of drug-likeness (QED) is 0.672. The molecule has 0 atom stereocenters. The van der Waals surface area contributed by atoms with Gasteiger partial charge in [-0.15, -0.1) is 11.3 Å². The molecule has 1 aromatic heterocycles. The van der Waals surface area contributed by atoms with E-state index in [2.05, 4.69) is 17.2 Å². The van der Waals surface area contributed by atoms with Crippen LogP contribution in [0.1, 0.15) is 16.8 Å². The lowest BCUT2D eigenvalue weighted by molar-refractivity contribution is -0.384. The second kappa shape index (κ2) is 5.99. The van der Waals surface area contributed by atoms with Gasteiger partial charge in [-0.1, -0.05) is 18.5 Å². The summed E-state index contributed by atoms with van der Waals surface area (Å²) in [4.78, 5) is 15.5. The normalized spacial score (nSPS) is 10.4. The van der Waals surface area contributed by atoms with Gasteiger partial charge in [0.2, 0.25) is 0 Å². The molecule has 100 valence electrons. The van der Waals surface area contributed by atoms with Crippen molar-refractivity contribution in [3.8, 4) is 0 Å². The van der Waals surface area contributed by atoms with Crippen molar-refractivity contribution < 1.29 is 4.92 Å². The maximum atomic E-state index is 10.6. The van der Waals surface area contributed by atoms with Crippen LogP contribution in [-0.4, -0.2) is 9.91 Å². The number of halogens is 1. The Kier molecular flexibility index (Phi) is 4.34. The molecule has 0 saturated carbocycles. The molecule has 5 nitrogen and oxygen atoms in total. The maximum absolute atomic E-state index is 10.6. The van der Waals surface area contributed by atoms with E-state index in [1.807, 2.05) is 6.20 Å². The number of rotatable bonds is 5. The van der Waals surface area contributed by atoms with Crippen molar-refractivity contribution in [3.63, 3.8) is 0 Å². The molecule has 0 spiro atoms. The van der Waals surface area contributed by atoms with Gasteiger partial charge in [0.1, 0.15) is 5.02 Å². The number of anilines is 1. The highest BCUT2D eigenvalue weighted by Crippen LogP contribution is 2.27. The first-order valence-corrected chi connectivity index (χ1v) is 6.91. The average Bonchev–Trinajstić information content (AvgIpc) is 2.84. The van der Waals surface area contributed by atoms with Crippen molar-refractivity contribution in [2.24, 2.45) is 0 Å². The van der Waals surface area contributed by atoms with E-state index in [9.17, 15) is 10.1 Å². The van der Waals surface area contributed by atoms with Gasteiger partial charge < -0.3 is 5.32 Å². The first kappa shape index (κ1) is 13.8. The zero-order valence-electron chi connectivity index (χ0n) is 10.2. The number of aromatic nitrogens is 1. The van der Waals surface area contributed by atoms with E-state index in [1.165, 1.54) is 6.07 Å². The zero-order chi connectivity index (χ0) is 13.8.